The van der Waals surface area contributed by atoms with Crippen LogP contribution >= 0.6 is 0 Å². The molecule has 1 saturated heterocycles. The number of carbonyl (C=O) groups is 5. The number of ether oxygens (including phenoxy) is 2. The van der Waals surface area contributed by atoms with Crippen LogP contribution in [0.15, 0.2) is 73.1 Å². The lowest BCUT2D eigenvalue weighted by molar-refractivity contribution is -0.121. The van der Waals surface area contributed by atoms with E-state index in [1.54, 1.807) is 36.4 Å². The smallest absolute Gasteiger partial charge is 0.338 e. The van der Waals surface area contributed by atoms with Crippen molar-refractivity contribution in [2.24, 2.45) is 0 Å². The number of Topliss-reactive ketones (excluding diaryl/α,β-unsaturated/α-hetero) is 1. The molecule has 188 valence electrons. The van der Waals surface area contributed by atoms with Crippen molar-refractivity contribution in [3.8, 4) is 5.75 Å². The monoisotopic (exact) mass is 502 g/mol. The minimum Gasteiger partial charge on any atom is -0.497 e. The largest absolute Gasteiger partial charge is 0.497 e. The van der Waals surface area contributed by atoms with E-state index in [1.165, 1.54) is 43.8 Å². The molecule has 4 rings (SSSR count). The van der Waals surface area contributed by atoms with Crippen molar-refractivity contribution in [1.29, 1.82) is 0 Å². The predicted molar refractivity (Wildman–Crippen MR) is 130 cm³/mol. The Bertz CT molecular complexity index is 1340. The minimum atomic E-state index is -0.958. The highest BCUT2D eigenvalue weighted by molar-refractivity contribution is 6.22. The zero-order chi connectivity index (χ0) is 26.4. The Kier molecular flexibility index (Phi) is 7.65. The van der Waals surface area contributed by atoms with E-state index in [9.17, 15) is 24.0 Å². The van der Waals surface area contributed by atoms with Crippen LogP contribution in [-0.2, 0) is 14.3 Å². The van der Waals surface area contributed by atoms with Crippen LogP contribution in [0.1, 0.15) is 37.5 Å². The van der Waals surface area contributed by atoms with Gasteiger partial charge in [-0.15, -0.1) is 0 Å². The van der Waals surface area contributed by atoms with Crippen molar-refractivity contribution in [2.45, 2.75) is 12.5 Å². The van der Waals surface area contributed by atoms with Gasteiger partial charge in [-0.2, -0.15) is 0 Å². The molecule has 3 amide bonds. The number of imide groups is 1. The van der Waals surface area contributed by atoms with Crippen molar-refractivity contribution in [1.82, 2.24) is 15.8 Å². The van der Waals surface area contributed by atoms with Gasteiger partial charge in [0.1, 0.15) is 11.8 Å². The maximum Gasteiger partial charge on any atom is 0.338 e. The Morgan fingerprint density at radius 2 is 1.76 bits per heavy atom. The van der Waals surface area contributed by atoms with E-state index < -0.39 is 42.1 Å². The van der Waals surface area contributed by atoms with Gasteiger partial charge < -0.3 is 9.47 Å². The molecule has 0 spiro atoms. The lowest BCUT2D eigenvalue weighted by Crippen LogP contribution is -2.48. The second kappa shape index (κ2) is 11.2. The molecule has 0 saturated carbocycles. The van der Waals surface area contributed by atoms with Crippen LogP contribution < -0.4 is 20.5 Å². The van der Waals surface area contributed by atoms with E-state index in [1.807, 2.05) is 0 Å². The number of rotatable bonds is 9. The second-order valence-electron chi connectivity index (χ2n) is 7.94. The highest BCUT2D eigenvalue weighted by atomic mass is 16.5. The lowest BCUT2D eigenvalue weighted by Gasteiger charge is -2.16. The van der Waals surface area contributed by atoms with Crippen LogP contribution in [0.25, 0.3) is 0 Å². The summed E-state index contributed by atoms with van der Waals surface area (Å²) in [5.41, 5.74) is 6.01. The third-order valence-electron chi connectivity index (χ3n) is 5.52. The lowest BCUT2D eigenvalue weighted by atomic mass is 10.1. The Hall–Kier alpha value is -4.90. The molecular formula is C26H22N4O7. The van der Waals surface area contributed by atoms with Gasteiger partial charge in [-0.25, -0.2) is 15.1 Å². The third kappa shape index (κ3) is 5.85. The van der Waals surface area contributed by atoms with Gasteiger partial charge in [0.05, 0.1) is 30.3 Å². The van der Waals surface area contributed by atoms with Crippen LogP contribution in [0.4, 0.5) is 5.69 Å². The van der Waals surface area contributed by atoms with Gasteiger partial charge in [0.15, 0.2) is 12.4 Å². The quantitative estimate of drug-likeness (QED) is 0.193. The Labute approximate surface area is 211 Å². The molecule has 2 heterocycles. The minimum absolute atomic E-state index is 0.139. The molecule has 11 nitrogen and oxygen atoms in total. The number of benzene rings is 2. The molecule has 1 fully saturated rings. The Morgan fingerprint density at radius 3 is 2.46 bits per heavy atom. The standard InChI is InChI=1S/C26H22N4O7/c1-36-20-6-2-4-17(12-20)22(31)15-37-26(35)16-7-9-19(10-8-16)30-23(32)13-21(25(30)34)28-29-24(33)18-5-3-11-27-14-18/h2-12,14,21,28H,13,15H2,1H3,(H,29,33). The molecule has 3 aromatic rings. The van der Waals surface area contributed by atoms with Crippen molar-refractivity contribution in [2.75, 3.05) is 18.6 Å². The summed E-state index contributed by atoms with van der Waals surface area (Å²) in [4.78, 5) is 66.9. The molecular weight excluding hydrogens is 480 g/mol. The molecule has 2 aromatic carbocycles. The highest BCUT2D eigenvalue weighted by Crippen LogP contribution is 2.23. The first-order valence-corrected chi connectivity index (χ1v) is 11.1. The number of hydrogen-bond donors (Lipinski definition) is 2. The van der Waals surface area contributed by atoms with Gasteiger partial charge in [0, 0.05) is 18.0 Å². The third-order valence-corrected chi connectivity index (χ3v) is 5.52. The fraction of sp³-hybridized carbons (Fsp3) is 0.154. The van der Waals surface area contributed by atoms with Gasteiger partial charge in [-0.1, -0.05) is 12.1 Å². The number of methoxy groups -OCH3 is 1. The number of hydrazine groups is 1. The molecule has 2 N–H and O–H groups in total. The van der Waals surface area contributed by atoms with E-state index in [-0.39, 0.29) is 23.2 Å². The molecule has 1 atom stereocenters. The number of aromatic nitrogens is 1. The summed E-state index contributed by atoms with van der Waals surface area (Å²) < 4.78 is 10.2. The summed E-state index contributed by atoms with van der Waals surface area (Å²) in [5, 5.41) is 0. The summed E-state index contributed by atoms with van der Waals surface area (Å²) in [6, 6.07) is 14.3. The summed E-state index contributed by atoms with van der Waals surface area (Å²) in [5.74, 6) is -2.16. The van der Waals surface area contributed by atoms with Crippen molar-refractivity contribution >= 4 is 35.2 Å². The number of nitrogens with one attached hydrogen (secondary N) is 2. The normalized spacial score (nSPS) is 14.8. The highest BCUT2D eigenvalue weighted by Gasteiger charge is 2.39. The number of ketones is 1. The number of carbonyl (C=O) groups excluding carboxylic acids is 5. The maximum atomic E-state index is 12.8. The van der Waals surface area contributed by atoms with E-state index >= 15 is 0 Å². The molecule has 1 aliphatic rings. The molecule has 1 unspecified atom stereocenters. The number of anilines is 1. The van der Waals surface area contributed by atoms with E-state index in [2.05, 4.69) is 15.8 Å². The van der Waals surface area contributed by atoms with Crippen molar-refractivity contribution in [3.63, 3.8) is 0 Å². The molecule has 0 aliphatic carbocycles. The Balaban J connectivity index is 1.33. The first-order valence-electron chi connectivity index (χ1n) is 11.1. The molecule has 37 heavy (non-hydrogen) atoms. The molecule has 0 radical (unpaired) electrons. The van der Waals surface area contributed by atoms with Crippen LogP contribution in [0.3, 0.4) is 0 Å². The number of hydrogen-bond acceptors (Lipinski definition) is 9. The number of amides is 3. The summed E-state index contributed by atoms with van der Waals surface area (Å²) >= 11 is 0. The SMILES string of the molecule is COc1cccc(C(=O)COC(=O)c2ccc(N3C(=O)CC(NNC(=O)c4cccnc4)C3=O)cc2)c1. The van der Waals surface area contributed by atoms with Gasteiger partial charge in [-0.05, 0) is 48.5 Å². The summed E-state index contributed by atoms with van der Waals surface area (Å²) in [6.45, 7) is -0.463. The van der Waals surface area contributed by atoms with E-state index in [0.717, 1.165) is 4.90 Å². The van der Waals surface area contributed by atoms with Crippen molar-refractivity contribution in [3.05, 3.63) is 89.7 Å². The molecule has 11 heteroatoms. The van der Waals surface area contributed by atoms with Crippen LogP contribution in [-0.4, -0.2) is 54.2 Å². The average molecular weight is 502 g/mol. The van der Waals surface area contributed by atoms with Crippen LogP contribution in [0, 0.1) is 0 Å². The van der Waals surface area contributed by atoms with Crippen LogP contribution in [0.5, 0.6) is 5.75 Å². The first kappa shape index (κ1) is 25.2. The molecule has 1 aromatic heterocycles. The van der Waals surface area contributed by atoms with E-state index in [0.29, 0.717) is 11.3 Å². The Morgan fingerprint density at radius 1 is 1.00 bits per heavy atom. The average Bonchev–Trinajstić information content (AvgIpc) is 3.23. The first-order chi connectivity index (χ1) is 17.9. The fourth-order valence-electron chi connectivity index (χ4n) is 3.58. The number of esters is 1. The van der Waals surface area contributed by atoms with Crippen molar-refractivity contribution < 1.29 is 33.4 Å². The second-order valence-corrected chi connectivity index (χ2v) is 7.94. The van der Waals surface area contributed by atoms with E-state index in [4.69, 9.17) is 9.47 Å². The topological polar surface area (TPSA) is 144 Å². The van der Waals surface area contributed by atoms with Gasteiger partial charge in [0.2, 0.25) is 5.91 Å². The molecule has 1 aliphatic heterocycles. The van der Waals surface area contributed by atoms with Gasteiger partial charge in [-0.3, -0.25) is 29.6 Å². The van der Waals surface area contributed by atoms with Gasteiger partial charge >= 0.3 is 5.97 Å². The summed E-state index contributed by atoms with van der Waals surface area (Å²) in [7, 11) is 1.48. The zero-order valence-electron chi connectivity index (χ0n) is 19.7. The zero-order valence-corrected chi connectivity index (χ0v) is 19.7. The van der Waals surface area contributed by atoms with Gasteiger partial charge in [0.25, 0.3) is 11.8 Å². The molecule has 0 bridgehead atoms. The maximum absolute atomic E-state index is 12.8. The summed E-state index contributed by atoms with van der Waals surface area (Å²) in [6.07, 6.45) is 2.72. The number of pyridine rings is 1. The fourth-order valence-corrected chi connectivity index (χ4v) is 3.58. The predicted octanol–water partition coefficient (Wildman–Crippen LogP) is 1.70. The number of nitrogens with zero attached hydrogens (tertiary/aromatic N) is 2. The van der Waals surface area contributed by atoms with Crippen LogP contribution in [0.2, 0.25) is 0 Å².